The van der Waals surface area contributed by atoms with E-state index in [0.717, 1.165) is 28.5 Å². The minimum Gasteiger partial charge on any atom is -0.481 e. The number of nitrogens with zero attached hydrogens (tertiary/aromatic N) is 2. The van der Waals surface area contributed by atoms with E-state index in [9.17, 15) is 5.26 Å². The molecule has 0 amide bonds. The van der Waals surface area contributed by atoms with Crippen LogP contribution in [0.15, 0.2) is 24.3 Å². The van der Waals surface area contributed by atoms with Crippen molar-refractivity contribution in [3.8, 4) is 11.9 Å². The number of aromatic nitrogens is 1. The Bertz CT molecular complexity index is 678. The van der Waals surface area contributed by atoms with Crippen molar-refractivity contribution in [2.24, 2.45) is 0 Å². The number of nitriles is 1. The normalized spacial score (nSPS) is 13.8. The maximum atomic E-state index is 9.37. The van der Waals surface area contributed by atoms with Crippen LogP contribution >= 0.6 is 15.9 Å². The molecule has 0 aliphatic heterocycles. The second-order valence-electron chi connectivity index (χ2n) is 5.00. The van der Waals surface area contributed by atoms with Gasteiger partial charge in [-0.1, -0.05) is 35.0 Å². The average Bonchev–Trinajstić information content (AvgIpc) is 2.51. The van der Waals surface area contributed by atoms with Crippen molar-refractivity contribution < 1.29 is 4.74 Å². The van der Waals surface area contributed by atoms with Crippen LogP contribution in [0, 0.1) is 11.3 Å². The van der Waals surface area contributed by atoms with Crippen molar-refractivity contribution in [2.45, 2.75) is 25.7 Å². The summed E-state index contributed by atoms with van der Waals surface area (Å²) in [6.45, 7) is 4.00. The van der Waals surface area contributed by atoms with E-state index < -0.39 is 5.41 Å². The molecule has 1 unspecified atom stereocenters. The van der Waals surface area contributed by atoms with Crippen LogP contribution in [0.3, 0.4) is 0 Å². The quantitative estimate of drug-likeness (QED) is 0.795. The Hall–Kier alpha value is -1.60. The molecule has 3 nitrogen and oxygen atoms in total. The minimum absolute atomic E-state index is 0.549. The van der Waals surface area contributed by atoms with Gasteiger partial charge >= 0.3 is 0 Å². The molecule has 0 spiro atoms. The second-order valence-corrected chi connectivity index (χ2v) is 5.56. The number of methoxy groups -OCH3 is 1. The molecule has 0 bridgehead atoms. The zero-order valence-corrected chi connectivity index (χ0v) is 13.5. The van der Waals surface area contributed by atoms with Gasteiger partial charge in [-0.15, -0.1) is 0 Å². The van der Waals surface area contributed by atoms with E-state index in [4.69, 9.17) is 4.74 Å². The first-order chi connectivity index (χ1) is 9.57. The standard InChI is InChI=1S/C16H17BrN2O/c1-4-11-7-12-5-6-13(16(2,9-17)10-18)8-14(12)19-15(11)20-3/h5-8H,4,9H2,1-3H3. The number of alkyl halides is 1. The lowest BCUT2D eigenvalue weighted by atomic mass is 9.86. The molecule has 1 aromatic heterocycles. The fraction of sp³-hybridized carbons (Fsp3) is 0.375. The molecule has 0 fully saturated rings. The predicted octanol–water partition coefficient (Wildman–Crippen LogP) is 3.98. The summed E-state index contributed by atoms with van der Waals surface area (Å²) in [5, 5.41) is 11.0. The SMILES string of the molecule is CCc1cc2ccc(C(C)(C#N)CBr)cc2nc1OC. The van der Waals surface area contributed by atoms with Crippen LogP contribution in [0.1, 0.15) is 25.0 Å². The lowest BCUT2D eigenvalue weighted by Gasteiger charge is -2.19. The molecular formula is C16H17BrN2O. The number of benzene rings is 1. The molecule has 0 radical (unpaired) electrons. The third-order valence-electron chi connectivity index (χ3n) is 3.58. The first-order valence-corrected chi connectivity index (χ1v) is 7.65. The molecule has 104 valence electrons. The van der Waals surface area contributed by atoms with Crippen molar-refractivity contribution in [3.05, 3.63) is 35.4 Å². The number of pyridine rings is 1. The molecule has 1 aromatic carbocycles. The topological polar surface area (TPSA) is 45.9 Å². The van der Waals surface area contributed by atoms with Gasteiger partial charge in [-0.25, -0.2) is 4.98 Å². The Morgan fingerprint density at radius 2 is 2.15 bits per heavy atom. The summed E-state index contributed by atoms with van der Waals surface area (Å²) in [6.07, 6.45) is 0.880. The maximum Gasteiger partial charge on any atom is 0.216 e. The van der Waals surface area contributed by atoms with E-state index in [2.05, 4.69) is 40.0 Å². The predicted molar refractivity (Wildman–Crippen MR) is 84.4 cm³/mol. The van der Waals surface area contributed by atoms with Gasteiger partial charge in [-0.3, -0.25) is 0 Å². The minimum atomic E-state index is -0.549. The zero-order chi connectivity index (χ0) is 14.8. The fourth-order valence-corrected chi connectivity index (χ4v) is 2.59. The molecule has 1 atom stereocenters. The highest BCUT2D eigenvalue weighted by Crippen LogP contribution is 2.29. The number of fused-ring (bicyclic) bond motifs is 1. The third-order valence-corrected chi connectivity index (χ3v) is 4.70. The molecule has 0 N–H and O–H groups in total. The Labute approximate surface area is 127 Å². The molecule has 2 rings (SSSR count). The van der Waals surface area contributed by atoms with Gasteiger partial charge in [0, 0.05) is 16.3 Å². The van der Waals surface area contributed by atoms with Crippen LogP contribution in [0.4, 0.5) is 0 Å². The van der Waals surface area contributed by atoms with Crippen LogP contribution in [-0.4, -0.2) is 17.4 Å². The Kier molecular flexibility index (Phi) is 4.29. The summed E-state index contributed by atoms with van der Waals surface area (Å²) < 4.78 is 5.34. The number of rotatable bonds is 4. The summed E-state index contributed by atoms with van der Waals surface area (Å²) in [6, 6.07) is 10.5. The summed E-state index contributed by atoms with van der Waals surface area (Å²) in [4.78, 5) is 4.56. The average molecular weight is 333 g/mol. The third kappa shape index (κ3) is 2.51. The lowest BCUT2D eigenvalue weighted by molar-refractivity contribution is 0.395. The summed E-state index contributed by atoms with van der Waals surface area (Å²) >= 11 is 3.42. The van der Waals surface area contributed by atoms with Gasteiger partial charge in [-0.05, 0) is 31.0 Å². The molecule has 0 aliphatic rings. The number of ether oxygens (including phenoxy) is 1. The van der Waals surface area contributed by atoms with Gasteiger partial charge in [0.1, 0.15) is 0 Å². The zero-order valence-electron chi connectivity index (χ0n) is 11.9. The Balaban J connectivity index is 2.63. The molecule has 0 saturated heterocycles. The maximum absolute atomic E-state index is 9.37. The number of hydrogen-bond donors (Lipinski definition) is 0. The fourth-order valence-electron chi connectivity index (χ4n) is 2.14. The van der Waals surface area contributed by atoms with Crippen LogP contribution in [0.25, 0.3) is 10.9 Å². The highest BCUT2D eigenvalue weighted by molar-refractivity contribution is 9.09. The summed E-state index contributed by atoms with van der Waals surface area (Å²) in [5.41, 5.74) is 2.37. The van der Waals surface area contributed by atoms with E-state index in [1.54, 1.807) is 7.11 Å². The number of halogens is 1. The van der Waals surface area contributed by atoms with Gasteiger partial charge in [0.25, 0.3) is 0 Å². The number of aryl methyl sites for hydroxylation is 1. The largest absolute Gasteiger partial charge is 0.481 e. The van der Waals surface area contributed by atoms with Crippen molar-refractivity contribution in [1.29, 1.82) is 5.26 Å². The van der Waals surface area contributed by atoms with E-state index in [-0.39, 0.29) is 0 Å². The molecule has 20 heavy (non-hydrogen) atoms. The highest BCUT2D eigenvalue weighted by atomic mass is 79.9. The molecule has 0 saturated carbocycles. The van der Waals surface area contributed by atoms with Crippen LogP contribution in [-0.2, 0) is 11.8 Å². The molecule has 2 aromatic rings. The van der Waals surface area contributed by atoms with Crippen LogP contribution in [0.5, 0.6) is 5.88 Å². The van der Waals surface area contributed by atoms with Crippen molar-refractivity contribution >= 4 is 26.8 Å². The molecule has 0 aliphatic carbocycles. The van der Waals surface area contributed by atoms with Gasteiger partial charge in [0.2, 0.25) is 5.88 Å². The molecular weight excluding hydrogens is 316 g/mol. The summed E-state index contributed by atoms with van der Waals surface area (Å²) in [5.74, 6) is 0.662. The van der Waals surface area contributed by atoms with E-state index in [0.29, 0.717) is 11.2 Å². The Morgan fingerprint density at radius 1 is 1.40 bits per heavy atom. The van der Waals surface area contributed by atoms with E-state index in [1.165, 1.54) is 0 Å². The highest BCUT2D eigenvalue weighted by Gasteiger charge is 2.25. The van der Waals surface area contributed by atoms with Crippen LogP contribution < -0.4 is 4.74 Å². The monoisotopic (exact) mass is 332 g/mol. The van der Waals surface area contributed by atoms with E-state index in [1.807, 2.05) is 25.1 Å². The molecule has 4 heteroatoms. The van der Waals surface area contributed by atoms with Crippen LogP contribution in [0.2, 0.25) is 0 Å². The summed E-state index contributed by atoms with van der Waals surface area (Å²) in [7, 11) is 1.63. The van der Waals surface area contributed by atoms with Crippen molar-refractivity contribution in [1.82, 2.24) is 4.98 Å². The Morgan fingerprint density at radius 3 is 2.70 bits per heavy atom. The smallest absolute Gasteiger partial charge is 0.216 e. The molecule has 1 heterocycles. The lowest BCUT2D eigenvalue weighted by Crippen LogP contribution is -2.21. The first kappa shape index (κ1) is 14.8. The first-order valence-electron chi connectivity index (χ1n) is 6.53. The number of hydrogen-bond acceptors (Lipinski definition) is 3. The van der Waals surface area contributed by atoms with Crippen molar-refractivity contribution in [2.75, 3.05) is 12.4 Å². The van der Waals surface area contributed by atoms with Gasteiger partial charge in [0.15, 0.2) is 0 Å². The van der Waals surface area contributed by atoms with Crippen molar-refractivity contribution in [3.63, 3.8) is 0 Å². The van der Waals surface area contributed by atoms with Gasteiger partial charge in [0.05, 0.1) is 24.1 Å². The van der Waals surface area contributed by atoms with Gasteiger partial charge in [-0.2, -0.15) is 5.26 Å². The van der Waals surface area contributed by atoms with E-state index >= 15 is 0 Å². The second kappa shape index (κ2) is 5.80. The van der Waals surface area contributed by atoms with Gasteiger partial charge < -0.3 is 4.74 Å².